The van der Waals surface area contributed by atoms with Gasteiger partial charge in [-0.2, -0.15) is 0 Å². The number of furan rings is 1. The van der Waals surface area contributed by atoms with Crippen molar-refractivity contribution >= 4 is 11.8 Å². The number of carbonyl (C=O) groups is 2. The third-order valence-electron chi connectivity index (χ3n) is 3.10. The number of hydrogen-bond donors (Lipinski definition) is 2. The summed E-state index contributed by atoms with van der Waals surface area (Å²) in [5, 5.41) is 5.39. The molecule has 23 heavy (non-hydrogen) atoms. The van der Waals surface area contributed by atoms with Crippen molar-refractivity contribution < 1.29 is 18.7 Å². The molecule has 0 fully saturated rings. The molecule has 0 aliphatic rings. The highest BCUT2D eigenvalue weighted by Gasteiger charge is 2.07. The predicted molar refractivity (Wildman–Crippen MR) is 85.3 cm³/mol. The van der Waals surface area contributed by atoms with Crippen molar-refractivity contribution in [1.82, 2.24) is 10.6 Å². The number of hydrogen-bond acceptors (Lipinski definition) is 4. The third kappa shape index (κ3) is 5.86. The number of nitrogens with one attached hydrogen (secondary N) is 2. The molecule has 0 saturated heterocycles. The van der Waals surface area contributed by atoms with Gasteiger partial charge >= 0.3 is 0 Å². The molecule has 0 aliphatic heterocycles. The summed E-state index contributed by atoms with van der Waals surface area (Å²) in [7, 11) is 0. The highest BCUT2D eigenvalue weighted by atomic mass is 16.5. The van der Waals surface area contributed by atoms with Crippen molar-refractivity contribution in [3.05, 3.63) is 54.0 Å². The van der Waals surface area contributed by atoms with Crippen molar-refractivity contribution in [2.45, 2.75) is 13.3 Å². The molecular weight excluding hydrogens is 296 g/mol. The molecular formula is C17H20N2O4. The number of carbonyl (C=O) groups excluding carboxylic acids is 2. The van der Waals surface area contributed by atoms with Crippen LogP contribution in [0.2, 0.25) is 0 Å². The molecule has 1 aromatic heterocycles. The van der Waals surface area contributed by atoms with E-state index in [2.05, 4.69) is 10.6 Å². The SMILES string of the molecule is Cc1cccc(OCCNC(=O)CCNC(=O)c2ccoc2)c1. The molecule has 2 rings (SSSR count). The van der Waals surface area contributed by atoms with Gasteiger partial charge in [0.05, 0.1) is 18.4 Å². The van der Waals surface area contributed by atoms with Crippen LogP contribution in [0.5, 0.6) is 5.75 Å². The molecule has 6 nitrogen and oxygen atoms in total. The van der Waals surface area contributed by atoms with Gasteiger partial charge in [0.15, 0.2) is 0 Å². The second kappa shape index (κ2) is 8.63. The van der Waals surface area contributed by atoms with E-state index < -0.39 is 0 Å². The van der Waals surface area contributed by atoms with Crippen molar-refractivity contribution in [1.29, 1.82) is 0 Å². The molecule has 1 aromatic carbocycles. The van der Waals surface area contributed by atoms with Crippen LogP contribution in [-0.2, 0) is 4.79 Å². The van der Waals surface area contributed by atoms with E-state index in [9.17, 15) is 9.59 Å². The van der Waals surface area contributed by atoms with Crippen LogP contribution in [0.1, 0.15) is 22.3 Å². The maximum absolute atomic E-state index is 11.6. The molecule has 0 unspecified atom stereocenters. The lowest BCUT2D eigenvalue weighted by atomic mass is 10.2. The van der Waals surface area contributed by atoms with E-state index in [0.717, 1.165) is 11.3 Å². The third-order valence-corrected chi connectivity index (χ3v) is 3.10. The molecule has 2 amide bonds. The van der Waals surface area contributed by atoms with E-state index in [1.807, 2.05) is 31.2 Å². The van der Waals surface area contributed by atoms with Crippen LogP contribution >= 0.6 is 0 Å². The van der Waals surface area contributed by atoms with Gasteiger partial charge in [-0.25, -0.2) is 0 Å². The summed E-state index contributed by atoms with van der Waals surface area (Å²) in [5.74, 6) is 0.395. The van der Waals surface area contributed by atoms with E-state index in [1.165, 1.54) is 12.5 Å². The Balaban J connectivity index is 1.56. The summed E-state index contributed by atoms with van der Waals surface area (Å²) in [4.78, 5) is 23.2. The first kappa shape index (κ1) is 16.6. The monoisotopic (exact) mass is 316 g/mol. The molecule has 0 spiro atoms. The van der Waals surface area contributed by atoms with Gasteiger partial charge < -0.3 is 19.8 Å². The lowest BCUT2D eigenvalue weighted by molar-refractivity contribution is -0.121. The van der Waals surface area contributed by atoms with Gasteiger partial charge in [0.25, 0.3) is 5.91 Å². The summed E-state index contributed by atoms with van der Waals surface area (Å²) in [6.07, 6.45) is 3.00. The Labute approximate surface area is 134 Å². The quantitative estimate of drug-likeness (QED) is 0.729. The summed E-state index contributed by atoms with van der Waals surface area (Å²) in [5.41, 5.74) is 1.57. The fourth-order valence-electron chi connectivity index (χ4n) is 1.94. The van der Waals surface area contributed by atoms with Gasteiger partial charge in [-0.1, -0.05) is 12.1 Å². The summed E-state index contributed by atoms with van der Waals surface area (Å²) >= 11 is 0. The Morgan fingerprint density at radius 3 is 2.78 bits per heavy atom. The van der Waals surface area contributed by atoms with Crippen molar-refractivity contribution in [2.75, 3.05) is 19.7 Å². The molecule has 2 N–H and O–H groups in total. The largest absolute Gasteiger partial charge is 0.492 e. The van der Waals surface area contributed by atoms with Gasteiger partial charge in [-0.15, -0.1) is 0 Å². The van der Waals surface area contributed by atoms with E-state index in [1.54, 1.807) is 6.07 Å². The topological polar surface area (TPSA) is 80.6 Å². The first-order valence-corrected chi connectivity index (χ1v) is 7.42. The lowest BCUT2D eigenvalue weighted by Crippen LogP contribution is -2.32. The van der Waals surface area contributed by atoms with Gasteiger partial charge in [0.1, 0.15) is 18.6 Å². The van der Waals surface area contributed by atoms with Crippen molar-refractivity contribution in [3.8, 4) is 5.75 Å². The van der Waals surface area contributed by atoms with Crippen LogP contribution in [-0.4, -0.2) is 31.5 Å². The van der Waals surface area contributed by atoms with E-state index in [-0.39, 0.29) is 24.8 Å². The van der Waals surface area contributed by atoms with Crippen molar-refractivity contribution in [2.24, 2.45) is 0 Å². The maximum atomic E-state index is 11.6. The minimum absolute atomic E-state index is 0.134. The molecule has 122 valence electrons. The zero-order valence-electron chi connectivity index (χ0n) is 13.0. The molecule has 0 atom stereocenters. The van der Waals surface area contributed by atoms with E-state index in [0.29, 0.717) is 18.7 Å². The van der Waals surface area contributed by atoms with Crippen LogP contribution in [0.4, 0.5) is 0 Å². The average Bonchev–Trinajstić information content (AvgIpc) is 3.06. The normalized spacial score (nSPS) is 10.1. The first-order valence-electron chi connectivity index (χ1n) is 7.42. The van der Waals surface area contributed by atoms with Gasteiger partial charge in [-0.3, -0.25) is 9.59 Å². The van der Waals surface area contributed by atoms with Crippen LogP contribution in [0, 0.1) is 6.92 Å². The summed E-state index contributed by atoms with van der Waals surface area (Å²) in [6, 6.07) is 9.30. The molecule has 0 bridgehead atoms. The van der Waals surface area contributed by atoms with E-state index in [4.69, 9.17) is 9.15 Å². The van der Waals surface area contributed by atoms with Gasteiger partial charge in [-0.05, 0) is 30.7 Å². The van der Waals surface area contributed by atoms with Gasteiger partial charge in [0, 0.05) is 13.0 Å². The molecule has 6 heteroatoms. The maximum Gasteiger partial charge on any atom is 0.254 e. The zero-order valence-corrected chi connectivity index (χ0v) is 13.0. The van der Waals surface area contributed by atoms with Crippen LogP contribution in [0.25, 0.3) is 0 Å². The minimum atomic E-state index is -0.255. The number of benzene rings is 1. The molecule has 0 radical (unpaired) electrons. The second-order valence-corrected chi connectivity index (χ2v) is 5.03. The molecule has 0 aliphatic carbocycles. The van der Waals surface area contributed by atoms with Crippen LogP contribution in [0.15, 0.2) is 47.3 Å². The average molecular weight is 316 g/mol. The summed E-state index contributed by atoms with van der Waals surface area (Å²) < 4.78 is 10.4. The summed E-state index contributed by atoms with van der Waals surface area (Å²) in [6.45, 7) is 3.08. The molecule has 0 saturated carbocycles. The van der Waals surface area contributed by atoms with Crippen molar-refractivity contribution in [3.63, 3.8) is 0 Å². The Morgan fingerprint density at radius 2 is 2.04 bits per heavy atom. The van der Waals surface area contributed by atoms with Crippen LogP contribution < -0.4 is 15.4 Å². The Kier molecular flexibility index (Phi) is 6.23. The molecule has 1 heterocycles. The number of amides is 2. The number of rotatable bonds is 8. The first-order chi connectivity index (χ1) is 11.1. The Bertz CT molecular complexity index is 638. The fraction of sp³-hybridized carbons (Fsp3) is 0.294. The Morgan fingerprint density at radius 1 is 1.17 bits per heavy atom. The fourth-order valence-corrected chi connectivity index (χ4v) is 1.94. The number of ether oxygens (including phenoxy) is 1. The second-order valence-electron chi connectivity index (χ2n) is 5.03. The smallest absolute Gasteiger partial charge is 0.254 e. The standard InChI is InChI=1S/C17H20N2O4/c1-13-3-2-4-15(11-13)23-10-8-18-16(20)5-7-19-17(21)14-6-9-22-12-14/h2-4,6,9,11-12H,5,7-8,10H2,1H3,(H,18,20)(H,19,21). The van der Waals surface area contributed by atoms with E-state index >= 15 is 0 Å². The zero-order chi connectivity index (χ0) is 16.5. The number of aryl methyl sites for hydroxylation is 1. The highest BCUT2D eigenvalue weighted by Crippen LogP contribution is 2.11. The lowest BCUT2D eigenvalue weighted by Gasteiger charge is -2.08. The minimum Gasteiger partial charge on any atom is -0.492 e. The molecule has 2 aromatic rings. The van der Waals surface area contributed by atoms with Crippen LogP contribution in [0.3, 0.4) is 0 Å². The highest BCUT2D eigenvalue weighted by molar-refractivity contribution is 5.93. The Hall–Kier alpha value is -2.76. The predicted octanol–water partition coefficient (Wildman–Crippen LogP) is 1.90. The van der Waals surface area contributed by atoms with Gasteiger partial charge in [0.2, 0.25) is 5.91 Å².